The molecule has 0 aliphatic carbocycles. The van der Waals surface area contributed by atoms with Crippen LogP contribution in [0.25, 0.3) is 0 Å². The molecule has 0 aliphatic heterocycles. The van der Waals surface area contributed by atoms with Crippen molar-refractivity contribution in [3.63, 3.8) is 0 Å². The number of methoxy groups -OCH3 is 1. The molecule has 0 aliphatic rings. The Morgan fingerprint density at radius 2 is 1.96 bits per heavy atom. The number of para-hydroxylation sites is 1. The number of nitrogens with zero attached hydrogens (tertiary/aromatic N) is 2. The molecule has 0 fully saturated rings. The SMILES string of the molecule is CN=C(NCCC(=O)Nc1ccc(C)cn1)NCc1ccccc1OC.I. The zero-order valence-corrected chi connectivity index (χ0v) is 18.1. The van der Waals surface area contributed by atoms with E-state index in [2.05, 4.69) is 25.9 Å². The van der Waals surface area contributed by atoms with Crippen molar-refractivity contribution < 1.29 is 9.53 Å². The molecular weight excluding hydrogens is 457 g/mol. The van der Waals surface area contributed by atoms with Gasteiger partial charge in [0, 0.05) is 38.3 Å². The second kappa shape index (κ2) is 12.1. The largest absolute Gasteiger partial charge is 0.496 e. The van der Waals surface area contributed by atoms with E-state index in [9.17, 15) is 4.79 Å². The average molecular weight is 483 g/mol. The summed E-state index contributed by atoms with van der Waals surface area (Å²) in [5.74, 6) is 1.89. The minimum absolute atomic E-state index is 0. The quantitative estimate of drug-likeness (QED) is 0.320. The zero-order valence-electron chi connectivity index (χ0n) is 15.8. The summed E-state index contributed by atoms with van der Waals surface area (Å²) in [7, 11) is 3.33. The van der Waals surface area contributed by atoms with Crippen LogP contribution < -0.4 is 20.7 Å². The minimum Gasteiger partial charge on any atom is -0.496 e. The maximum Gasteiger partial charge on any atom is 0.227 e. The first kappa shape index (κ1) is 22.7. The molecule has 1 heterocycles. The van der Waals surface area contributed by atoms with Crippen LogP contribution in [0.5, 0.6) is 5.75 Å². The van der Waals surface area contributed by atoms with Crippen molar-refractivity contribution in [2.24, 2.45) is 4.99 Å². The maximum absolute atomic E-state index is 12.0. The number of amides is 1. The molecule has 1 aromatic heterocycles. The highest BCUT2D eigenvalue weighted by Gasteiger charge is 2.06. The number of hydrogen-bond acceptors (Lipinski definition) is 4. The van der Waals surface area contributed by atoms with Crippen LogP contribution >= 0.6 is 24.0 Å². The van der Waals surface area contributed by atoms with Gasteiger partial charge in [-0.1, -0.05) is 24.3 Å². The first-order valence-corrected chi connectivity index (χ1v) is 8.41. The van der Waals surface area contributed by atoms with Gasteiger partial charge >= 0.3 is 0 Å². The highest BCUT2D eigenvalue weighted by Crippen LogP contribution is 2.16. The van der Waals surface area contributed by atoms with Crippen LogP contribution in [0.1, 0.15) is 17.5 Å². The van der Waals surface area contributed by atoms with Gasteiger partial charge in [0.15, 0.2) is 5.96 Å². The van der Waals surface area contributed by atoms with Gasteiger partial charge in [0.25, 0.3) is 0 Å². The van der Waals surface area contributed by atoms with Gasteiger partial charge in [-0.15, -0.1) is 24.0 Å². The lowest BCUT2D eigenvalue weighted by atomic mass is 10.2. The smallest absolute Gasteiger partial charge is 0.227 e. The topological polar surface area (TPSA) is 87.6 Å². The molecule has 1 aromatic carbocycles. The normalized spacial score (nSPS) is 10.6. The Labute approximate surface area is 177 Å². The molecule has 3 N–H and O–H groups in total. The Morgan fingerprint density at radius 1 is 1.19 bits per heavy atom. The van der Waals surface area contributed by atoms with Crippen molar-refractivity contribution in [2.45, 2.75) is 19.9 Å². The van der Waals surface area contributed by atoms with Crippen molar-refractivity contribution >= 4 is 41.7 Å². The van der Waals surface area contributed by atoms with Gasteiger partial charge in [0.2, 0.25) is 5.91 Å². The van der Waals surface area contributed by atoms with Crippen molar-refractivity contribution in [2.75, 3.05) is 26.0 Å². The predicted molar refractivity (Wildman–Crippen MR) is 119 cm³/mol. The molecule has 0 atom stereocenters. The molecule has 1 amide bonds. The van der Waals surface area contributed by atoms with Gasteiger partial charge in [-0.3, -0.25) is 9.79 Å². The third-order valence-electron chi connectivity index (χ3n) is 3.69. The van der Waals surface area contributed by atoms with E-state index in [1.165, 1.54) is 0 Å². The maximum atomic E-state index is 12.0. The molecule has 27 heavy (non-hydrogen) atoms. The number of guanidine groups is 1. The van der Waals surface area contributed by atoms with Crippen LogP contribution in [-0.2, 0) is 11.3 Å². The molecule has 8 heteroatoms. The van der Waals surface area contributed by atoms with E-state index < -0.39 is 0 Å². The van der Waals surface area contributed by atoms with E-state index in [0.29, 0.717) is 31.3 Å². The highest BCUT2D eigenvalue weighted by molar-refractivity contribution is 14.0. The average Bonchev–Trinajstić information content (AvgIpc) is 2.66. The summed E-state index contributed by atoms with van der Waals surface area (Å²) in [6.45, 7) is 2.98. The Kier molecular flexibility index (Phi) is 10.2. The number of benzene rings is 1. The van der Waals surface area contributed by atoms with Gasteiger partial charge in [-0.25, -0.2) is 4.98 Å². The number of aliphatic imine (C=N–C) groups is 1. The van der Waals surface area contributed by atoms with Crippen molar-refractivity contribution in [1.82, 2.24) is 15.6 Å². The summed E-state index contributed by atoms with van der Waals surface area (Å²) in [6.07, 6.45) is 2.03. The number of aromatic nitrogens is 1. The summed E-state index contributed by atoms with van der Waals surface area (Å²) in [5, 5.41) is 9.09. The van der Waals surface area contributed by atoms with Gasteiger partial charge in [-0.2, -0.15) is 0 Å². The lowest BCUT2D eigenvalue weighted by molar-refractivity contribution is -0.116. The Morgan fingerprint density at radius 3 is 2.63 bits per heavy atom. The van der Waals surface area contributed by atoms with E-state index in [1.807, 2.05) is 37.3 Å². The molecule has 0 unspecified atom stereocenters. The number of carbonyl (C=O) groups excluding carboxylic acids is 1. The molecule has 7 nitrogen and oxygen atoms in total. The number of rotatable bonds is 7. The number of halogens is 1. The van der Waals surface area contributed by atoms with Crippen molar-refractivity contribution in [3.8, 4) is 5.75 Å². The van der Waals surface area contributed by atoms with Gasteiger partial charge in [0.05, 0.1) is 7.11 Å². The summed E-state index contributed by atoms with van der Waals surface area (Å²) in [4.78, 5) is 20.3. The third-order valence-corrected chi connectivity index (χ3v) is 3.69. The Bertz CT molecular complexity index is 750. The molecule has 146 valence electrons. The predicted octanol–water partition coefficient (Wildman–Crippen LogP) is 2.71. The van der Waals surface area contributed by atoms with E-state index in [1.54, 1.807) is 26.4 Å². The monoisotopic (exact) mass is 483 g/mol. The highest BCUT2D eigenvalue weighted by atomic mass is 127. The minimum atomic E-state index is -0.103. The van der Waals surface area contributed by atoms with Crippen LogP contribution in [0, 0.1) is 6.92 Å². The van der Waals surface area contributed by atoms with E-state index in [-0.39, 0.29) is 29.9 Å². The Balaban J connectivity index is 0.00000364. The summed E-state index contributed by atoms with van der Waals surface area (Å²) < 4.78 is 5.33. The zero-order chi connectivity index (χ0) is 18.8. The molecular formula is C19H26IN5O2. The van der Waals surface area contributed by atoms with E-state index in [4.69, 9.17) is 4.74 Å². The first-order chi connectivity index (χ1) is 12.6. The summed E-state index contributed by atoms with van der Waals surface area (Å²) >= 11 is 0. The molecule has 2 aromatic rings. The standard InChI is InChI=1S/C19H25N5O2.HI/c1-14-8-9-17(22-12-14)24-18(25)10-11-21-19(20-2)23-13-15-6-4-5-7-16(15)26-3;/h4-9,12H,10-11,13H2,1-3H3,(H2,20,21,23)(H,22,24,25);1H. The summed E-state index contributed by atoms with van der Waals surface area (Å²) in [6, 6.07) is 11.5. The molecule has 0 radical (unpaired) electrons. The van der Waals surface area contributed by atoms with Crippen LogP contribution in [0.15, 0.2) is 47.6 Å². The number of pyridine rings is 1. The fraction of sp³-hybridized carbons (Fsp3) is 0.316. The first-order valence-electron chi connectivity index (χ1n) is 8.41. The second-order valence-corrected chi connectivity index (χ2v) is 5.68. The Hall–Kier alpha value is -2.36. The molecule has 0 saturated carbocycles. The third kappa shape index (κ3) is 7.81. The van der Waals surface area contributed by atoms with Gasteiger partial charge in [0.1, 0.15) is 11.6 Å². The number of anilines is 1. The number of carbonyl (C=O) groups is 1. The van der Waals surface area contributed by atoms with Crippen molar-refractivity contribution in [1.29, 1.82) is 0 Å². The number of hydrogen-bond donors (Lipinski definition) is 3. The summed E-state index contributed by atoms with van der Waals surface area (Å²) in [5.41, 5.74) is 2.08. The number of nitrogens with one attached hydrogen (secondary N) is 3. The van der Waals surface area contributed by atoms with Crippen molar-refractivity contribution in [3.05, 3.63) is 53.7 Å². The number of aryl methyl sites for hydroxylation is 1. The van der Waals surface area contributed by atoms with Crippen LogP contribution in [0.2, 0.25) is 0 Å². The molecule has 0 spiro atoms. The molecule has 0 saturated heterocycles. The van der Waals surface area contributed by atoms with Crippen LogP contribution in [0.4, 0.5) is 5.82 Å². The second-order valence-electron chi connectivity index (χ2n) is 5.68. The van der Waals surface area contributed by atoms with Gasteiger partial charge < -0.3 is 20.7 Å². The van der Waals surface area contributed by atoms with E-state index >= 15 is 0 Å². The fourth-order valence-corrected chi connectivity index (χ4v) is 2.29. The van der Waals surface area contributed by atoms with E-state index in [0.717, 1.165) is 16.9 Å². The fourth-order valence-electron chi connectivity index (χ4n) is 2.29. The van der Waals surface area contributed by atoms with Crippen LogP contribution in [-0.4, -0.2) is 37.6 Å². The number of ether oxygens (including phenoxy) is 1. The van der Waals surface area contributed by atoms with Gasteiger partial charge in [-0.05, 0) is 24.6 Å². The van der Waals surface area contributed by atoms with Crippen LogP contribution in [0.3, 0.4) is 0 Å². The molecule has 0 bridgehead atoms. The molecule has 2 rings (SSSR count). The lowest BCUT2D eigenvalue weighted by Crippen LogP contribution is -2.38. The lowest BCUT2D eigenvalue weighted by Gasteiger charge is -2.13.